The Hall–Kier alpha value is -2.46. The predicted octanol–water partition coefficient (Wildman–Crippen LogP) is 3.85. The summed E-state index contributed by atoms with van der Waals surface area (Å²) in [6, 6.07) is 8.42. The van der Waals surface area contributed by atoms with Gasteiger partial charge in [0.05, 0.1) is 0 Å². The number of ether oxygens (including phenoxy) is 1. The number of rotatable bonds is 7. The molecule has 0 aromatic heterocycles. The molecule has 3 N–H and O–H groups in total. The monoisotopic (exact) mass is 589 g/mol. The summed E-state index contributed by atoms with van der Waals surface area (Å²) in [5.74, 6) is 0.828. The summed E-state index contributed by atoms with van der Waals surface area (Å²) in [5.41, 5.74) is 11.3. The van der Waals surface area contributed by atoms with Crippen LogP contribution in [0.5, 0.6) is 0 Å². The Morgan fingerprint density at radius 2 is 1.90 bits per heavy atom. The van der Waals surface area contributed by atoms with Crippen molar-refractivity contribution in [3.63, 3.8) is 0 Å². The lowest BCUT2D eigenvalue weighted by molar-refractivity contribution is -0.134. The van der Waals surface area contributed by atoms with Crippen molar-refractivity contribution in [2.45, 2.75) is 76.3 Å². The van der Waals surface area contributed by atoms with E-state index in [-0.39, 0.29) is 11.8 Å². The largest absolute Gasteiger partial charge is 0.439 e. The molecule has 4 aliphatic rings. The van der Waals surface area contributed by atoms with Crippen molar-refractivity contribution < 1.29 is 9.53 Å². The maximum atomic E-state index is 13.4. The zero-order valence-corrected chi connectivity index (χ0v) is 25.2. The van der Waals surface area contributed by atoms with E-state index < -0.39 is 12.4 Å². The molecule has 3 unspecified atom stereocenters. The molecular weight excluding hydrogens is 549 g/mol. The highest BCUT2D eigenvalue weighted by Crippen LogP contribution is 2.33. The third kappa shape index (κ3) is 6.08. The number of amides is 1. The van der Waals surface area contributed by atoms with Crippen molar-refractivity contribution in [3.8, 4) is 0 Å². The van der Waals surface area contributed by atoms with Gasteiger partial charge in [-0.1, -0.05) is 53.9 Å². The normalized spacial score (nSPS) is 28.2. The molecule has 0 spiro atoms. The lowest BCUT2D eigenvalue weighted by Crippen LogP contribution is -2.61. The maximum Gasteiger partial charge on any atom is 0.260 e. The van der Waals surface area contributed by atoms with Crippen LogP contribution in [0.25, 0.3) is 0 Å². The molecule has 0 saturated carbocycles. The Bertz CT molecular complexity index is 1170. The highest BCUT2D eigenvalue weighted by Gasteiger charge is 2.45. The Balaban J connectivity index is 1.21. The minimum Gasteiger partial charge on any atom is -0.439 e. The average molecular weight is 591 g/mol. The first-order chi connectivity index (χ1) is 19.3. The molecule has 11 heteroatoms. The van der Waals surface area contributed by atoms with Crippen LogP contribution in [0.2, 0.25) is 5.02 Å². The smallest absolute Gasteiger partial charge is 0.260 e. The number of hydrogen-bond donors (Lipinski definition) is 2. The molecule has 218 valence electrons. The summed E-state index contributed by atoms with van der Waals surface area (Å²) in [7, 11) is 3.57. The van der Waals surface area contributed by atoms with Crippen LogP contribution in [0, 0.1) is 0 Å². The lowest BCUT2D eigenvalue weighted by Gasteiger charge is -2.49. The number of hydrogen-bond acceptors (Lipinski definition) is 8. The van der Waals surface area contributed by atoms with E-state index in [4.69, 9.17) is 33.7 Å². The van der Waals surface area contributed by atoms with Crippen molar-refractivity contribution in [2.75, 3.05) is 33.7 Å². The van der Waals surface area contributed by atoms with Crippen molar-refractivity contribution >= 4 is 35.0 Å². The van der Waals surface area contributed by atoms with E-state index >= 15 is 0 Å². The lowest BCUT2D eigenvalue weighted by atomic mass is 9.98. The number of nitrogens with one attached hydrogen (secondary N) is 1. The van der Waals surface area contributed by atoms with Gasteiger partial charge in [0, 0.05) is 50.8 Å². The number of nitrogens with zero attached hydrogens (tertiary/aromatic N) is 5. The van der Waals surface area contributed by atoms with Gasteiger partial charge in [0.15, 0.2) is 6.04 Å². The average Bonchev–Trinajstić information content (AvgIpc) is 3.23. The summed E-state index contributed by atoms with van der Waals surface area (Å²) in [6.07, 6.45) is 9.58. The fraction of sp³-hybridized carbons (Fsp3) is 0.586. The van der Waals surface area contributed by atoms with E-state index in [0.29, 0.717) is 17.2 Å². The number of nitrogens with two attached hydrogens (primary N) is 1. The number of hydrazone groups is 1. The Labute approximate surface area is 247 Å². The van der Waals surface area contributed by atoms with Crippen LogP contribution in [0.3, 0.4) is 0 Å². The van der Waals surface area contributed by atoms with Gasteiger partial charge in [-0.2, -0.15) is 0 Å². The van der Waals surface area contributed by atoms with Gasteiger partial charge >= 0.3 is 0 Å². The van der Waals surface area contributed by atoms with E-state index in [2.05, 4.69) is 45.5 Å². The van der Waals surface area contributed by atoms with Gasteiger partial charge in [-0.05, 0) is 62.6 Å². The molecule has 1 fully saturated rings. The molecular formula is C29H41Cl2N7O2. The highest BCUT2D eigenvalue weighted by atomic mass is 35.5. The fourth-order valence-corrected chi connectivity index (χ4v) is 6.88. The van der Waals surface area contributed by atoms with Gasteiger partial charge in [-0.3, -0.25) is 25.8 Å². The van der Waals surface area contributed by atoms with Crippen LogP contribution in [-0.4, -0.2) is 89.6 Å². The van der Waals surface area contributed by atoms with E-state index in [9.17, 15) is 4.79 Å². The first kappa shape index (κ1) is 29.0. The summed E-state index contributed by atoms with van der Waals surface area (Å²) >= 11 is 13.0. The van der Waals surface area contributed by atoms with Crippen molar-refractivity contribution in [2.24, 2.45) is 10.8 Å². The van der Waals surface area contributed by atoms with Gasteiger partial charge < -0.3 is 14.5 Å². The highest BCUT2D eigenvalue weighted by molar-refractivity contribution is 6.31. The molecule has 0 radical (unpaired) electrons. The predicted molar refractivity (Wildman–Crippen MR) is 159 cm³/mol. The number of carbonyl (C=O) groups excluding carboxylic acids is 1. The SMILES string of the molecule is CC[C@H]1CN(C2=C(Cl)N(C)C(C3=NNC(N)O3)C(=O)N2C)CCN1C1CCC=C(CCc2ccc(Cl)cc2)CC1. The second-order valence-corrected chi connectivity index (χ2v) is 11.9. The fourth-order valence-electron chi connectivity index (χ4n) is 6.41. The van der Waals surface area contributed by atoms with Crippen LogP contribution >= 0.6 is 23.2 Å². The molecule has 1 aromatic carbocycles. The van der Waals surface area contributed by atoms with E-state index in [0.717, 1.165) is 62.6 Å². The van der Waals surface area contributed by atoms with Gasteiger partial charge in [-0.25, -0.2) is 0 Å². The Morgan fingerprint density at radius 3 is 2.60 bits per heavy atom. The van der Waals surface area contributed by atoms with Crippen molar-refractivity contribution in [1.29, 1.82) is 0 Å². The van der Waals surface area contributed by atoms with E-state index in [1.54, 1.807) is 29.5 Å². The van der Waals surface area contributed by atoms with Gasteiger partial charge in [-0.15, -0.1) is 5.10 Å². The molecule has 40 heavy (non-hydrogen) atoms. The minimum atomic E-state index is -0.761. The quantitative estimate of drug-likeness (QED) is 0.369. The molecule has 1 amide bonds. The van der Waals surface area contributed by atoms with Crippen LogP contribution in [0.15, 0.2) is 52.0 Å². The number of carbonyl (C=O) groups is 1. The molecule has 1 saturated heterocycles. The standard InChI is InChI=1S/C29H41Cl2N7O2/c1-4-22-18-37(27-25(31)35(2)24(28(39)36(27)3)26-33-34-29(32)40-26)16-17-38(22)23-7-5-6-19(12-15-23)8-9-20-10-13-21(30)14-11-20/h6,10-11,13-14,22-24,29,34H,4-5,7-9,12,15-18,32H2,1-3H3/t22-,23?,24?,29?/m0/s1. The summed E-state index contributed by atoms with van der Waals surface area (Å²) in [5, 5.41) is 5.39. The van der Waals surface area contributed by atoms with Gasteiger partial charge in [0.1, 0.15) is 11.0 Å². The molecule has 0 bridgehead atoms. The molecule has 5 rings (SSSR count). The third-order valence-corrected chi connectivity index (χ3v) is 9.38. The number of piperazine rings is 1. The second kappa shape index (κ2) is 12.6. The van der Waals surface area contributed by atoms with Crippen molar-refractivity contribution in [3.05, 3.63) is 57.5 Å². The maximum absolute atomic E-state index is 13.4. The number of allylic oxidation sites excluding steroid dienone is 2. The van der Waals surface area contributed by atoms with Crippen LogP contribution < -0.4 is 11.2 Å². The third-order valence-electron chi connectivity index (χ3n) is 8.69. The first-order valence-electron chi connectivity index (χ1n) is 14.3. The molecule has 3 heterocycles. The Morgan fingerprint density at radius 1 is 1.12 bits per heavy atom. The summed E-state index contributed by atoms with van der Waals surface area (Å²) < 4.78 is 5.51. The number of aryl methyl sites for hydroxylation is 1. The van der Waals surface area contributed by atoms with Gasteiger partial charge in [0.2, 0.25) is 12.2 Å². The second-order valence-electron chi connectivity index (χ2n) is 11.1. The topological polar surface area (TPSA) is 89.7 Å². The molecule has 4 atom stereocenters. The number of likely N-dealkylation sites (N-methyl/N-ethyl adjacent to an activating group) is 2. The zero-order valence-electron chi connectivity index (χ0n) is 23.7. The zero-order chi connectivity index (χ0) is 28.4. The summed E-state index contributed by atoms with van der Waals surface area (Å²) in [6.45, 7) is 4.85. The molecule has 1 aliphatic carbocycles. The van der Waals surface area contributed by atoms with E-state index in [1.807, 2.05) is 12.1 Å². The van der Waals surface area contributed by atoms with E-state index in [1.165, 1.54) is 18.4 Å². The molecule has 9 nitrogen and oxygen atoms in total. The molecule has 3 aliphatic heterocycles. The minimum absolute atomic E-state index is 0.145. The Kier molecular flexibility index (Phi) is 9.14. The molecule has 1 aromatic rings. The van der Waals surface area contributed by atoms with Crippen molar-refractivity contribution in [1.82, 2.24) is 25.0 Å². The van der Waals surface area contributed by atoms with Gasteiger partial charge in [0.25, 0.3) is 5.91 Å². The van der Waals surface area contributed by atoms with Crippen LogP contribution in [0.1, 0.15) is 51.0 Å². The summed E-state index contributed by atoms with van der Waals surface area (Å²) in [4.78, 5) is 21.8. The number of halogens is 2. The first-order valence-corrected chi connectivity index (χ1v) is 15.1. The van der Waals surface area contributed by atoms with Crippen LogP contribution in [-0.2, 0) is 16.0 Å². The van der Waals surface area contributed by atoms with Crippen LogP contribution in [0.4, 0.5) is 0 Å². The number of benzene rings is 1.